The zero-order valence-corrected chi connectivity index (χ0v) is 12.1. The first kappa shape index (κ1) is 12.3. The molecule has 21 heavy (non-hydrogen) atoms. The maximum absolute atomic E-state index is 11.9. The molecule has 1 aromatic carbocycles. The highest BCUT2D eigenvalue weighted by molar-refractivity contribution is 7.19. The van der Waals surface area contributed by atoms with Crippen molar-refractivity contribution in [2.24, 2.45) is 7.05 Å². The van der Waals surface area contributed by atoms with Gasteiger partial charge in [0.1, 0.15) is 10.5 Å². The number of fused-ring (bicyclic) bond motifs is 3. The number of rotatable bonds is 2. The molecular formula is C15H12N4OS. The number of benzene rings is 1. The normalized spacial score (nSPS) is 11.5. The van der Waals surface area contributed by atoms with Gasteiger partial charge in [0.05, 0.1) is 10.9 Å². The molecule has 104 valence electrons. The second-order valence-corrected chi connectivity index (χ2v) is 6.03. The van der Waals surface area contributed by atoms with Gasteiger partial charge in [0.15, 0.2) is 5.65 Å². The highest BCUT2D eigenvalue weighted by Crippen LogP contribution is 2.31. The summed E-state index contributed by atoms with van der Waals surface area (Å²) in [5.41, 5.74) is 2.53. The Morgan fingerprint density at radius 1 is 1.29 bits per heavy atom. The molecule has 0 bridgehead atoms. The summed E-state index contributed by atoms with van der Waals surface area (Å²) in [4.78, 5) is 16.6. The number of H-pyrrole nitrogens is 1. The lowest BCUT2D eigenvalue weighted by atomic mass is 10.2. The van der Waals surface area contributed by atoms with E-state index in [0.717, 1.165) is 27.2 Å². The van der Waals surface area contributed by atoms with Crippen molar-refractivity contribution in [3.05, 3.63) is 57.5 Å². The molecule has 0 spiro atoms. The van der Waals surface area contributed by atoms with Crippen molar-refractivity contribution in [2.75, 3.05) is 0 Å². The predicted molar refractivity (Wildman–Crippen MR) is 83.8 cm³/mol. The summed E-state index contributed by atoms with van der Waals surface area (Å²) in [6.07, 6.45) is 2.50. The predicted octanol–water partition coefficient (Wildman–Crippen LogP) is 2.46. The second-order valence-electron chi connectivity index (χ2n) is 4.94. The minimum atomic E-state index is -0.176. The summed E-state index contributed by atoms with van der Waals surface area (Å²) in [6.45, 7) is 0. The molecule has 0 fully saturated rings. The van der Waals surface area contributed by atoms with Crippen molar-refractivity contribution < 1.29 is 0 Å². The molecule has 6 heteroatoms. The van der Waals surface area contributed by atoms with Gasteiger partial charge in [0.2, 0.25) is 0 Å². The van der Waals surface area contributed by atoms with Gasteiger partial charge in [0, 0.05) is 18.9 Å². The molecule has 3 heterocycles. The molecule has 4 rings (SSSR count). The molecule has 0 unspecified atom stereocenters. The van der Waals surface area contributed by atoms with Crippen LogP contribution in [-0.4, -0.2) is 19.7 Å². The maximum atomic E-state index is 11.9. The number of thiazole rings is 1. The van der Waals surface area contributed by atoms with Gasteiger partial charge in [-0.25, -0.2) is 10.1 Å². The average molecular weight is 296 g/mol. The smallest absolute Gasteiger partial charge is 0.288 e. The van der Waals surface area contributed by atoms with Gasteiger partial charge in [-0.3, -0.25) is 4.79 Å². The second kappa shape index (κ2) is 4.53. The molecule has 4 aromatic rings. The van der Waals surface area contributed by atoms with Crippen LogP contribution in [0.1, 0.15) is 10.6 Å². The van der Waals surface area contributed by atoms with Gasteiger partial charge in [-0.2, -0.15) is 5.10 Å². The molecule has 0 aliphatic heterocycles. The Balaban J connectivity index is 1.90. The van der Waals surface area contributed by atoms with Crippen molar-refractivity contribution in [3.8, 4) is 0 Å². The molecule has 5 nitrogen and oxygen atoms in total. The fourth-order valence-electron chi connectivity index (χ4n) is 2.60. The van der Waals surface area contributed by atoms with Gasteiger partial charge >= 0.3 is 0 Å². The molecule has 3 aromatic heterocycles. The minimum Gasteiger partial charge on any atom is -0.323 e. The van der Waals surface area contributed by atoms with Gasteiger partial charge in [0.25, 0.3) is 5.56 Å². The number of aryl methyl sites for hydroxylation is 1. The molecule has 0 amide bonds. The van der Waals surface area contributed by atoms with Crippen LogP contribution in [0.4, 0.5) is 0 Å². The molecule has 0 saturated heterocycles. The quantitative estimate of drug-likeness (QED) is 0.618. The molecule has 0 aliphatic carbocycles. The number of aromatic amines is 1. The summed E-state index contributed by atoms with van der Waals surface area (Å²) < 4.78 is 2.87. The van der Waals surface area contributed by atoms with E-state index in [-0.39, 0.29) is 5.56 Å². The molecule has 1 N–H and O–H groups in total. The zero-order valence-electron chi connectivity index (χ0n) is 11.3. The molecular weight excluding hydrogens is 284 g/mol. The average Bonchev–Trinajstić information content (AvgIpc) is 3.01. The first-order chi connectivity index (χ1) is 10.2. The molecule has 0 radical (unpaired) electrons. The van der Waals surface area contributed by atoms with Crippen molar-refractivity contribution in [3.63, 3.8) is 0 Å². The van der Waals surface area contributed by atoms with E-state index in [2.05, 4.69) is 27.3 Å². The van der Waals surface area contributed by atoms with Crippen LogP contribution >= 0.6 is 11.3 Å². The number of hydrogen-bond donors (Lipinski definition) is 1. The van der Waals surface area contributed by atoms with Gasteiger partial charge in [-0.15, -0.1) is 11.3 Å². The first-order valence-corrected chi connectivity index (χ1v) is 7.41. The van der Waals surface area contributed by atoms with Crippen LogP contribution in [0.5, 0.6) is 0 Å². The third-order valence-electron chi connectivity index (χ3n) is 3.58. The zero-order chi connectivity index (χ0) is 14.4. The maximum Gasteiger partial charge on any atom is 0.288 e. The highest BCUT2D eigenvalue weighted by Gasteiger charge is 2.16. The van der Waals surface area contributed by atoms with Crippen LogP contribution in [0.25, 0.3) is 21.3 Å². The summed E-state index contributed by atoms with van der Waals surface area (Å²) in [7, 11) is 1.87. The van der Waals surface area contributed by atoms with E-state index in [1.807, 2.05) is 29.8 Å². The lowest BCUT2D eigenvalue weighted by Gasteiger charge is -1.97. The Labute approximate surface area is 123 Å². The summed E-state index contributed by atoms with van der Waals surface area (Å²) in [5, 5.41) is 8.28. The molecule has 0 atom stereocenters. The van der Waals surface area contributed by atoms with Crippen molar-refractivity contribution in [1.29, 1.82) is 0 Å². The Morgan fingerprint density at radius 2 is 2.10 bits per heavy atom. The standard InChI is InChI=1S/C15H12N4OS/c1-19-12-10(8-16-18-15(12)20)13-14(19)17-11(21-13)7-9-5-3-2-4-6-9/h2-6,8H,7H2,1H3,(H,18,20). The van der Waals surface area contributed by atoms with Crippen LogP contribution in [-0.2, 0) is 13.5 Å². The van der Waals surface area contributed by atoms with Crippen LogP contribution in [0.3, 0.4) is 0 Å². The van der Waals surface area contributed by atoms with Crippen molar-refractivity contribution in [1.82, 2.24) is 19.7 Å². The van der Waals surface area contributed by atoms with Crippen LogP contribution in [0, 0.1) is 0 Å². The highest BCUT2D eigenvalue weighted by atomic mass is 32.1. The Morgan fingerprint density at radius 3 is 2.90 bits per heavy atom. The van der Waals surface area contributed by atoms with E-state index in [1.54, 1.807) is 17.5 Å². The third-order valence-corrected chi connectivity index (χ3v) is 4.66. The SMILES string of the molecule is Cn1c2nc(Cc3ccccc3)sc2c2cn[nH]c(=O)c21. The van der Waals surface area contributed by atoms with Crippen molar-refractivity contribution in [2.45, 2.75) is 6.42 Å². The van der Waals surface area contributed by atoms with E-state index in [4.69, 9.17) is 0 Å². The number of hydrogen-bond acceptors (Lipinski definition) is 4. The largest absolute Gasteiger partial charge is 0.323 e. The van der Waals surface area contributed by atoms with Gasteiger partial charge in [-0.05, 0) is 5.56 Å². The first-order valence-electron chi connectivity index (χ1n) is 6.59. The van der Waals surface area contributed by atoms with Crippen LogP contribution in [0.15, 0.2) is 41.3 Å². The molecule has 0 aliphatic rings. The van der Waals surface area contributed by atoms with Crippen LogP contribution < -0.4 is 5.56 Å². The Bertz CT molecular complexity index is 997. The number of nitrogens with zero attached hydrogens (tertiary/aromatic N) is 3. The fraction of sp³-hybridized carbons (Fsp3) is 0.133. The van der Waals surface area contributed by atoms with E-state index < -0.39 is 0 Å². The van der Waals surface area contributed by atoms with Gasteiger partial charge < -0.3 is 4.57 Å². The molecule has 0 saturated carbocycles. The van der Waals surface area contributed by atoms with Crippen LogP contribution in [0.2, 0.25) is 0 Å². The van der Waals surface area contributed by atoms with Crippen molar-refractivity contribution >= 4 is 32.6 Å². The Kier molecular flexibility index (Phi) is 2.65. The summed E-state index contributed by atoms with van der Waals surface area (Å²) >= 11 is 1.63. The van der Waals surface area contributed by atoms with E-state index in [9.17, 15) is 4.79 Å². The number of nitrogens with one attached hydrogen (secondary N) is 1. The van der Waals surface area contributed by atoms with E-state index >= 15 is 0 Å². The summed E-state index contributed by atoms with van der Waals surface area (Å²) in [6, 6.07) is 10.3. The lowest BCUT2D eigenvalue weighted by molar-refractivity contribution is 0.944. The minimum absolute atomic E-state index is 0.176. The third kappa shape index (κ3) is 1.87. The fourth-order valence-corrected chi connectivity index (χ4v) is 3.74. The Hall–Kier alpha value is -2.47. The lowest BCUT2D eigenvalue weighted by Crippen LogP contribution is -2.10. The topological polar surface area (TPSA) is 63.6 Å². The van der Waals surface area contributed by atoms with E-state index in [0.29, 0.717) is 5.52 Å². The number of aromatic nitrogens is 4. The van der Waals surface area contributed by atoms with Gasteiger partial charge in [-0.1, -0.05) is 30.3 Å². The monoisotopic (exact) mass is 296 g/mol. The summed E-state index contributed by atoms with van der Waals surface area (Å²) in [5.74, 6) is 0. The van der Waals surface area contributed by atoms with E-state index in [1.165, 1.54) is 5.56 Å².